The van der Waals surface area contributed by atoms with Crippen molar-refractivity contribution in [2.75, 3.05) is 14.2 Å². The third-order valence-electron chi connectivity index (χ3n) is 4.67. The number of imidazole rings is 1. The number of aryl methyl sites for hydroxylation is 1. The van der Waals surface area contributed by atoms with E-state index >= 15 is 0 Å². The van der Waals surface area contributed by atoms with Gasteiger partial charge in [0.15, 0.2) is 15.4 Å². The lowest BCUT2D eigenvalue weighted by molar-refractivity contribution is 0.393. The summed E-state index contributed by atoms with van der Waals surface area (Å²) in [7, 11) is 1.05. The van der Waals surface area contributed by atoms with Crippen LogP contribution in [0.15, 0.2) is 56.8 Å². The first-order valence-electron chi connectivity index (χ1n) is 8.65. The van der Waals surface area contributed by atoms with Gasteiger partial charge in [0.25, 0.3) is 0 Å². The van der Waals surface area contributed by atoms with Gasteiger partial charge in [-0.25, -0.2) is 18.2 Å². The molecule has 0 bridgehead atoms. The normalized spacial score (nSPS) is 11.8. The number of ether oxygens (including phenoxy) is 2. The highest BCUT2D eigenvalue weighted by Crippen LogP contribution is 2.28. The predicted octanol–water partition coefficient (Wildman–Crippen LogP) is 2.67. The van der Waals surface area contributed by atoms with E-state index in [1.807, 2.05) is 0 Å². The van der Waals surface area contributed by atoms with Gasteiger partial charge >= 0.3 is 5.63 Å². The molecule has 0 saturated carbocycles. The monoisotopic (exact) mass is 414 g/mol. The molecule has 2 aromatic carbocycles. The van der Waals surface area contributed by atoms with Crippen LogP contribution in [0.3, 0.4) is 0 Å². The number of aromatic nitrogens is 2. The van der Waals surface area contributed by atoms with E-state index in [0.29, 0.717) is 33.5 Å². The molecule has 9 heteroatoms. The Hall–Kier alpha value is -3.33. The van der Waals surface area contributed by atoms with Gasteiger partial charge in [-0.1, -0.05) is 0 Å². The van der Waals surface area contributed by atoms with E-state index in [4.69, 9.17) is 13.9 Å². The quantitative estimate of drug-likeness (QED) is 0.463. The molecule has 29 heavy (non-hydrogen) atoms. The third-order valence-corrected chi connectivity index (χ3v) is 6.35. The van der Waals surface area contributed by atoms with Crippen LogP contribution in [0.5, 0.6) is 11.5 Å². The Bertz CT molecular complexity index is 1380. The van der Waals surface area contributed by atoms with Crippen LogP contribution in [-0.2, 0) is 22.6 Å². The van der Waals surface area contributed by atoms with E-state index < -0.39 is 15.5 Å². The molecule has 0 spiro atoms. The lowest BCUT2D eigenvalue weighted by Crippen LogP contribution is -2.06. The lowest BCUT2D eigenvalue weighted by Gasteiger charge is -2.10. The fourth-order valence-electron chi connectivity index (χ4n) is 3.27. The molecule has 4 aromatic rings. The van der Waals surface area contributed by atoms with Crippen molar-refractivity contribution in [1.29, 1.82) is 0 Å². The van der Waals surface area contributed by atoms with Crippen molar-refractivity contribution in [2.45, 2.75) is 10.6 Å². The maximum atomic E-state index is 13.1. The molecule has 150 valence electrons. The average molecular weight is 414 g/mol. The summed E-state index contributed by atoms with van der Waals surface area (Å²) >= 11 is 0. The van der Waals surface area contributed by atoms with Gasteiger partial charge in [0.2, 0.25) is 0 Å². The molecule has 0 fully saturated rings. The molecule has 0 unspecified atom stereocenters. The summed E-state index contributed by atoms with van der Waals surface area (Å²) < 4.78 is 43.5. The molecule has 8 nitrogen and oxygen atoms in total. The molecular formula is C20H18N2O6S. The van der Waals surface area contributed by atoms with Gasteiger partial charge in [0.1, 0.15) is 17.1 Å². The lowest BCUT2D eigenvalue weighted by atomic mass is 10.2. The summed E-state index contributed by atoms with van der Waals surface area (Å²) in [5.74, 6) is 0.773. The molecular weight excluding hydrogens is 396 g/mol. The van der Waals surface area contributed by atoms with Gasteiger partial charge in [-0.3, -0.25) is 0 Å². The van der Waals surface area contributed by atoms with Crippen LogP contribution in [0, 0.1) is 0 Å². The molecule has 2 aromatic heterocycles. The molecule has 4 rings (SSSR count). The smallest absolute Gasteiger partial charge is 0.364 e. The first-order valence-corrected chi connectivity index (χ1v) is 10.3. The standard InChI is InChI=1S/C20H18N2O6S/c1-22-11-21-18-19(22)16-9-15(4-5-17(16)28-20(18)23)29(24,25)10-12-6-13(26-2)8-14(7-12)27-3/h4-9,11H,10H2,1-3H3. The number of methoxy groups -OCH3 is 2. The Labute approximate surface area is 166 Å². The third kappa shape index (κ3) is 3.33. The number of benzene rings is 2. The molecule has 0 N–H and O–H groups in total. The maximum Gasteiger partial charge on any atom is 0.364 e. The first kappa shape index (κ1) is 19.0. The topological polar surface area (TPSA) is 101 Å². The van der Waals surface area contributed by atoms with E-state index in [0.717, 1.165) is 0 Å². The van der Waals surface area contributed by atoms with Crippen molar-refractivity contribution in [2.24, 2.45) is 7.05 Å². The summed E-state index contributed by atoms with van der Waals surface area (Å²) in [6, 6.07) is 9.41. The van der Waals surface area contributed by atoms with Crippen molar-refractivity contribution >= 4 is 31.8 Å². The summed E-state index contributed by atoms with van der Waals surface area (Å²) in [6.07, 6.45) is 1.49. The Kier molecular flexibility index (Phi) is 4.54. The maximum absolute atomic E-state index is 13.1. The zero-order valence-electron chi connectivity index (χ0n) is 16.0. The number of rotatable bonds is 5. The summed E-state index contributed by atoms with van der Waals surface area (Å²) in [6.45, 7) is 0. The second-order valence-corrected chi connectivity index (χ2v) is 8.57. The van der Waals surface area contributed by atoms with Crippen LogP contribution in [0.25, 0.3) is 22.0 Å². The van der Waals surface area contributed by atoms with Crippen molar-refractivity contribution in [3.8, 4) is 11.5 Å². The number of hydrogen-bond acceptors (Lipinski definition) is 7. The number of nitrogens with zero attached hydrogens (tertiary/aromatic N) is 2. The fraction of sp³-hybridized carbons (Fsp3) is 0.200. The molecule has 0 atom stereocenters. The minimum atomic E-state index is -3.69. The van der Waals surface area contributed by atoms with Crippen molar-refractivity contribution in [3.63, 3.8) is 0 Å². The van der Waals surface area contributed by atoms with Gasteiger partial charge < -0.3 is 18.5 Å². The van der Waals surface area contributed by atoms with Gasteiger partial charge in [-0.15, -0.1) is 0 Å². The van der Waals surface area contributed by atoms with E-state index in [-0.39, 0.29) is 16.2 Å². The zero-order valence-corrected chi connectivity index (χ0v) is 16.8. The highest BCUT2D eigenvalue weighted by atomic mass is 32.2. The largest absolute Gasteiger partial charge is 0.497 e. The number of fused-ring (bicyclic) bond motifs is 3. The molecule has 0 saturated heterocycles. The van der Waals surface area contributed by atoms with Crippen LogP contribution in [0.2, 0.25) is 0 Å². The Morgan fingerprint density at radius 3 is 2.41 bits per heavy atom. The van der Waals surface area contributed by atoms with Gasteiger partial charge in [0, 0.05) is 18.5 Å². The molecule has 0 aliphatic rings. The van der Waals surface area contributed by atoms with E-state index in [1.165, 1.54) is 38.7 Å². The highest BCUT2D eigenvalue weighted by molar-refractivity contribution is 7.90. The van der Waals surface area contributed by atoms with Gasteiger partial charge in [-0.05, 0) is 35.9 Å². The first-order chi connectivity index (χ1) is 13.8. The van der Waals surface area contributed by atoms with Crippen LogP contribution in [0.4, 0.5) is 0 Å². The van der Waals surface area contributed by atoms with Crippen LogP contribution in [0.1, 0.15) is 5.56 Å². The average Bonchev–Trinajstić information content (AvgIpc) is 3.09. The van der Waals surface area contributed by atoms with E-state index in [1.54, 1.807) is 29.8 Å². The second kappa shape index (κ2) is 6.93. The minimum Gasteiger partial charge on any atom is -0.497 e. The van der Waals surface area contributed by atoms with Crippen LogP contribution >= 0.6 is 0 Å². The van der Waals surface area contributed by atoms with E-state index in [2.05, 4.69) is 4.98 Å². The predicted molar refractivity (Wildman–Crippen MR) is 107 cm³/mol. The van der Waals surface area contributed by atoms with Crippen LogP contribution < -0.4 is 15.1 Å². The molecule has 0 amide bonds. The van der Waals surface area contributed by atoms with E-state index in [9.17, 15) is 13.2 Å². The van der Waals surface area contributed by atoms with Crippen LogP contribution in [-0.4, -0.2) is 32.2 Å². The molecule has 0 aliphatic carbocycles. The fourth-order valence-corrected chi connectivity index (χ4v) is 4.62. The Balaban J connectivity index is 1.83. The number of sulfone groups is 1. The SMILES string of the molecule is COc1cc(CS(=O)(=O)c2ccc3oc(=O)c4ncn(C)c4c3c2)cc(OC)c1. The Morgan fingerprint density at radius 2 is 1.76 bits per heavy atom. The second-order valence-electron chi connectivity index (χ2n) is 6.58. The highest BCUT2D eigenvalue weighted by Gasteiger charge is 2.20. The van der Waals surface area contributed by atoms with Gasteiger partial charge in [0.05, 0.1) is 36.7 Å². The summed E-state index contributed by atoms with van der Waals surface area (Å²) in [5, 5.41) is 0.504. The number of hydrogen-bond donors (Lipinski definition) is 0. The summed E-state index contributed by atoms with van der Waals surface area (Å²) in [5.41, 5.74) is 0.954. The molecule has 2 heterocycles. The van der Waals surface area contributed by atoms with Crippen molar-refractivity contribution < 1.29 is 22.3 Å². The van der Waals surface area contributed by atoms with Crippen molar-refractivity contribution in [1.82, 2.24) is 9.55 Å². The summed E-state index contributed by atoms with van der Waals surface area (Å²) in [4.78, 5) is 16.2. The van der Waals surface area contributed by atoms with Crippen molar-refractivity contribution in [3.05, 3.63) is 58.7 Å². The Morgan fingerprint density at radius 1 is 1.07 bits per heavy atom. The minimum absolute atomic E-state index is 0.114. The zero-order chi connectivity index (χ0) is 20.8. The molecule has 0 radical (unpaired) electrons. The molecule has 0 aliphatic heterocycles. The van der Waals surface area contributed by atoms with Gasteiger partial charge in [-0.2, -0.15) is 0 Å².